The van der Waals surface area contributed by atoms with Crippen molar-refractivity contribution in [3.8, 4) is 0 Å². The van der Waals surface area contributed by atoms with Gasteiger partial charge < -0.3 is 10.0 Å². The van der Waals surface area contributed by atoms with Crippen molar-refractivity contribution in [2.45, 2.75) is 52.1 Å². The second kappa shape index (κ2) is 7.54. The maximum absolute atomic E-state index is 9.42. The summed E-state index contributed by atoms with van der Waals surface area (Å²) in [5.74, 6) is 2.71. The van der Waals surface area contributed by atoms with E-state index in [2.05, 4.69) is 30.8 Å². The molecule has 2 heterocycles. The lowest BCUT2D eigenvalue weighted by Crippen LogP contribution is -2.40. The van der Waals surface area contributed by atoms with Gasteiger partial charge in [0.05, 0.1) is 12.3 Å². The zero-order chi connectivity index (χ0) is 15.3. The number of hydrogen-bond donors (Lipinski definition) is 1. The highest BCUT2D eigenvalue weighted by Crippen LogP contribution is 2.46. The van der Waals surface area contributed by atoms with Gasteiger partial charge in [0.15, 0.2) is 5.82 Å². The molecule has 3 rings (SSSR count). The maximum Gasteiger partial charge on any atom is 0.153 e. The molecule has 21 heavy (non-hydrogen) atoms. The van der Waals surface area contributed by atoms with Gasteiger partial charge in [-0.05, 0) is 43.9 Å². The van der Waals surface area contributed by atoms with Crippen molar-refractivity contribution in [1.29, 1.82) is 0 Å². The molecule has 1 aromatic heterocycles. The number of piperidine rings is 1. The van der Waals surface area contributed by atoms with Crippen LogP contribution in [0.1, 0.15) is 49.9 Å². The zero-order valence-corrected chi connectivity index (χ0v) is 14.7. The van der Waals surface area contributed by atoms with Crippen LogP contribution in [0.2, 0.25) is 0 Å². The predicted octanol–water partition coefficient (Wildman–Crippen LogP) is 3.45. The largest absolute Gasteiger partial charge is 0.390 e. The van der Waals surface area contributed by atoms with E-state index in [0.717, 1.165) is 24.6 Å². The number of aliphatic hydroxyl groups is 1. The van der Waals surface area contributed by atoms with Crippen molar-refractivity contribution in [2.75, 3.05) is 23.8 Å². The van der Waals surface area contributed by atoms with E-state index in [9.17, 15) is 5.11 Å². The third kappa shape index (κ3) is 3.75. The first-order valence-corrected chi connectivity index (χ1v) is 9.37. The van der Waals surface area contributed by atoms with Crippen LogP contribution in [0.25, 0.3) is 0 Å². The number of aryl methyl sites for hydroxylation is 1. The number of alkyl halides is 1. The molecule has 0 radical (unpaired) electrons. The Hall–Kier alpha value is -0.680. The van der Waals surface area contributed by atoms with Gasteiger partial charge in [0.2, 0.25) is 0 Å². The van der Waals surface area contributed by atoms with Crippen LogP contribution in [0, 0.1) is 12.3 Å². The molecule has 0 aromatic carbocycles. The average Bonchev–Trinajstić information content (AvgIpc) is 2.98. The monoisotopic (exact) mass is 355 g/mol. The van der Waals surface area contributed by atoms with E-state index in [0.29, 0.717) is 11.1 Å². The predicted molar refractivity (Wildman–Crippen MR) is 89.9 cm³/mol. The summed E-state index contributed by atoms with van der Waals surface area (Å²) in [5, 5.41) is 9.42. The molecule has 4 nitrogen and oxygen atoms in total. The Morgan fingerprint density at radius 3 is 2.38 bits per heavy atom. The summed E-state index contributed by atoms with van der Waals surface area (Å²) in [6.07, 6.45) is 9.91. The Balaban J connectivity index is 0.000000774. The number of nitrogens with zero attached hydrogens (tertiary/aromatic N) is 3. The number of aromatic nitrogens is 2. The summed E-state index contributed by atoms with van der Waals surface area (Å²) in [6.45, 7) is 4.06. The number of aliphatic hydroxyl groups excluding tert-OH is 1. The lowest BCUT2D eigenvalue weighted by atomic mass is 9.77. The van der Waals surface area contributed by atoms with Crippen molar-refractivity contribution in [2.24, 2.45) is 5.41 Å². The van der Waals surface area contributed by atoms with Crippen LogP contribution < -0.4 is 4.90 Å². The molecule has 1 saturated carbocycles. The molecule has 1 aromatic rings. The van der Waals surface area contributed by atoms with E-state index < -0.39 is 0 Å². The van der Waals surface area contributed by atoms with Gasteiger partial charge in [0, 0.05) is 19.3 Å². The van der Waals surface area contributed by atoms with Gasteiger partial charge in [-0.2, -0.15) is 0 Å². The standard InChI is InChI=1S/C15H23N3O.CH3Br/c1-12-10-16-13(11-19)14(17-12)18-8-6-15(7-9-18)4-2-3-5-15;1-2/h10,19H,2-9,11H2,1H3;1H3. The summed E-state index contributed by atoms with van der Waals surface area (Å²) in [6, 6.07) is 0. The van der Waals surface area contributed by atoms with E-state index in [-0.39, 0.29) is 6.61 Å². The fraction of sp³-hybridized carbons (Fsp3) is 0.750. The van der Waals surface area contributed by atoms with Crippen molar-refractivity contribution in [3.63, 3.8) is 0 Å². The van der Waals surface area contributed by atoms with Gasteiger partial charge in [0.1, 0.15) is 5.69 Å². The number of halogens is 1. The summed E-state index contributed by atoms with van der Waals surface area (Å²) < 4.78 is 0. The summed E-state index contributed by atoms with van der Waals surface area (Å²) in [7, 11) is 0. The summed E-state index contributed by atoms with van der Waals surface area (Å²) >= 11 is 2.94. The minimum Gasteiger partial charge on any atom is -0.390 e. The van der Waals surface area contributed by atoms with Crippen LogP contribution in [0.3, 0.4) is 0 Å². The van der Waals surface area contributed by atoms with Crippen molar-refractivity contribution in [3.05, 3.63) is 17.6 Å². The third-order valence-corrected chi connectivity index (χ3v) is 4.89. The Kier molecular flexibility index (Phi) is 5.99. The Morgan fingerprint density at radius 1 is 1.19 bits per heavy atom. The number of anilines is 1. The quantitative estimate of drug-likeness (QED) is 0.825. The van der Waals surface area contributed by atoms with Gasteiger partial charge >= 0.3 is 0 Å². The van der Waals surface area contributed by atoms with E-state index in [4.69, 9.17) is 0 Å². The number of rotatable bonds is 2. The Labute approximate surface area is 136 Å². The van der Waals surface area contributed by atoms with Crippen LogP contribution in [0.15, 0.2) is 6.20 Å². The normalized spacial score (nSPS) is 20.3. The second-order valence-electron chi connectivity index (χ2n) is 6.13. The minimum absolute atomic E-state index is 0.0236. The van der Waals surface area contributed by atoms with Crippen LogP contribution >= 0.6 is 15.9 Å². The van der Waals surface area contributed by atoms with Crippen LogP contribution in [0.5, 0.6) is 0 Å². The van der Waals surface area contributed by atoms with E-state index in [1.54, 1.807) is 6.20 Å². The van der Waals surface area contributed by atoms with Gasteiger partial charge in [-0.15, -0.1) is 0 Å². The highest BCUT2D eigenvalue weighted by Gasteiger charge is 2.37. The molecule has 0 atom stereocenters. The lowest BCUT2D eigenvalue weighted by molar-refractivity contribution is 0.225. The maximum atomic E-state index is 9.42. The molecule has 118 valence electrons. The topological polar surface area (TPSA) is 49.3 Å². The average molecular weight is 356 g/mol. The zero-order valence-electron chi connectivity index (χ0n) is 13.1. The molecular formula is C16H26BrN3O. The molecule has 5 heteroatoms. The van der Waals surface area contributed by atoms with Crippen molar-refractivity contribution >= 4 is 21.7 Å². The first kappa shape index (κ1) is 16.7. The highest BCUT2D eigenvalue weighted by atomic mass is 79.9. The Bertz CT molecular complexity index is 451. The third-order valence-electron chi connectivity index (χ3n) is 4.89. The van der Waals surface area contributed by atoms with E-state index >= 15 is 0 Å². The van der Waals surface area contributed by atoms with E-state index in [1.807, 2.05) is 12.8 Å². The minimum atomic E-state index is -0.0236. The lowest BCUT2D eigenvalue weighted by Gasteiger charge is -2.40. The van der Waals surface area contributed by atoms with Crippen LogP contribution in [-0.2, 0) is 6.61 Å². The molecule has 1 N–H and O–H groups in total. The van der Waals surface area contributed by atoms with Gasteiger partial charge in [0.25, 0.3) is 0 Å². The Morgan fingerprint density at radius 2 is 1.81 bits per heavy atom. The van der Waals surface area contributed by atoms with Crippen molar-refractivity contribution < 1.29 is 5.11 Å². The molecule has 1 aliphatic carbocycles. The molecule has 1 spiro atoms. The molecule has 1 saturated heterocycles. The molecule has 0 bridgehead atoms. The van der Waals surface area contributed by atoms with Crippen molar-refractivity contribution in [1.82, 2.24) is 9.97 Å². The van der Waals surface area contributed by atoms with Gasteiger partial charge in [-0.1, -0.05) is 28.8 Å². The van der Waals surface area contributed by atoms with Gasteiger partial charge in [-0.3, -0.25) is 4.98 Å². The number of hydrogen-bond acceptors (Lipinski definition) is 4. The smallest absolute Gasteiger partial charge is 0.153 e. The highest BCUT2D eigenvalue weighted by molar-refractivity contribution is 9.08. The SMILES string of the molecule is CBr.Cc1cnc(CO)c(N2CCC3(CCCC3)CC2)n1. The first-order valence-electron chi connectivity index (χ1n) is 7.79. The molecular weight excluding hydrogens is 330 g/mol. The fourth-order valence-corrected chi connectivity index (χ4v) is 3.67. The fourth-order valence-electron chi connectivity index (χ4n) is 3.67. The molecule has 2 aliphatic rings. The molecule has 0 unspecified atom stereocenters. The van der Waals surface area contributed by atoms with Gasteiger partial charge in [-0.25, -0.2) is 4.98 Å². The summed E-state index contributed by atoms with van der Waals surface area (Å²) in [4.78, 5) is 11.2. The summed E-state index contributed by atoms with van der Waals surface area (Å²) in [5.41, 5.74) is 2.26. The van der Waals surface area contributed by atoms with Crippen LogP contribution in [0.4, 0.5) is 5.82 Å². The first-order chi connectivity index (χ1) is 10.2. The molecule has 2 fully saturated rings. The second-order valence-corrected chi connectivity index (χ2v) is 6.13. The molecule has 0 amide bonds. The molecule has 1 aliphatic heterocycles. The van der Waals surface area contributed by atoms with E-state index in [1.165, 1.54) is 38.5 Å². The van der Waals surface area contributed by atoms with Crippen LogP contribution in [-0.4, -0.2) is 34.0 Å².